The Kier molecular flexibility index (Phi) is 11.3. The Morgan fingerprint density at radius 3 is 2.56 bits per heavy atom. The van der Waals surface area contributed by atoms with Gasteiger partial charge in [0.2, 0.25) is 5.91 Å². The van der Waals surface area contributed by atoms with Crippen molar-refractivity contribution in [2.45, 2.75) is 70.9 Å². The van der Waals surface area contributed by atoms with Crippen LogP contribution in [-0.4, -0.2) is 75.9 Å². The number of carbonyl (C=O) groups excluding carboxylic acids is 2. The third-order valence-electron chi connectivity index (χ3n) is 7.36. The van der Waals surface area contributed by atoms with Gasteiger partial charge in [-0.15, -0.1) is 0 Å². The molecular formula is C28H45N3O5. The summed E-state index contributed by atoms with van der Waals surface area (Å²) in [5, 5.41) is 6.68. The van der Waals surface area contributed by atoms with Crippen molar-refractivity contribution in [1.29, 1.82) is 0 Å². The Morgan fingerprint density at radius 1 is 1.08 bits per heavy atom. The fraction of sp³-hybridized carbons (Fsp3) is 0.714. The van der Waals surface area contributed by atoms with Crippen LogP contribution in [0.4, 0.5) is 0 Å². The molecule has 2 N–H and O–H groups in total. The zero-order valence-corrected chi connectivity index (χ0v) is 22.5. The molecule has 0 bridgehead atoms. The van der Waals surface area contributed by atoms with Crippen LogP contribution in [0.5, 0.6) is 11.5 Å². The van der Waals surface area contributed by atoms with E-state index in [-0.39, 0.29) is 29.8 Å². The van der Waals surface area contributed by atoms with Crippen LogP contribution in [-0.2, 0) is 9.53 Å². The summed E-state index contributed by atoms with van der Waals surface area (Å²) in [6.07, 6.45) is 7.46. The van der Waals surface area contributed by atoms with E-state index >= 15 is 0 Å². The number of rotatable bonds is 13. The van der Waals surface area contributed by atoms with E-state index in [2.05, 4.69) is 10.6 Å². The molecule has 0 radical (unpaired) electrons. The molecule has 1 saturated heterocycles. The van der Waals surface area contributed by atoms with Gasteiger partial charge in [-0.3, -0.25) is 9.59 Å². The molecule has 2 aliphatic rings. The van der Waals surface area contributed by atoms with E-state index in [4.69, 9.17) is 14.2 Å². The van der Waals surface area contributed by atoms with Gasteiger partial charge in [0.1, 0.15) is 0 Å². The lowest BCUT2D eigenvalue weighted by Gasteiger charge is -2.32. The number of hydrogen-bond donors (Lipinski definition) is 2. The SMILES string of the molecule is COCCCOc1cc(C(=O)N(C[C@@H]2CNC[C@H]2NC(=O)CC2CCCCC2)C(C)C)ccc1OC. The third kappa shape index (κ3) is 8.10. The van der Waals surface area contributed by atoms with Gasteiger partial charge in [0.15, 0.2) is 11.5 Å². The summed E-state index contributed by atoms with van der Waals surface area (Å²) in [6, 6.07) is 5.38. The average molecular weight is 504 g/mol. The van der Waals surface area contributed by atoms with Crippen LogP contribution in [0.2, 0.25) is 0 Å². The molecule has 1 saturated carbocycles. The van der Waals surface area contributed by atoms with Crippen molar-refractivity contribution >= 4 is 11.8 Å². The van der Waals surface area contributed by atoms with Crippen LogP contribution in [0.3, 0.4) is 0 Å². The van der Waals surface area contributed by atoms with Crippen LogP contribution in [0.25, 0.3) is 0 Å². The number of nitrogens with zero attached hydrogens (tertiary/aromatic N) is 1. The second-order valence-corrected chi connectivity index (χ2v) is 10.4. The Hall–Kier alpha value is -2.32. The maximum absolute atomic E-state index is 13.6. The molecule has 0 spiro atoms. The van der Waals surface area contributed by atoms with E-state index in [9.17, 15) is 9.59 Å². The van der Waals surface area contributed by atoms with Gasteiger partial charge < -0.3 is 29.7 Å². The third-order valence-corrected chi connectivity index (χ3v) is 7.36. The fourth-order valence-electron chi connectivity index (χ4n) is 5.27. The second kappa shape index (κ2) is 14.4. The Bertz CT molecular complexity index is 840. The lowest BCUT2D eigenvalue weighted by Crippen LogP contribution is -2.47. The minimum atomic E-state index is -0.0476. The molecule has 0 unspecified atom stereocenters. The Labute approximate surface area is 216 Å². The van der Waals surface area contributed by atoms with Gasteiger partial charge in [-0.05, 0) is 50.8 Å². The number of carbonyl (C=O) groups is 2. The fourth-order valence-corrected chi connectivity index (χ4v) is 5.27. The molecule has 1 aromatic carbocycles. The van der Waals surface area contributed by atoms with Crippen LogP contribution in [0.15, 0.2) is 18.2 Å². The maximum atomic E-state index is 13.6. The zero-order chi connectivity index (χ0) is 25.9. The molecule has 36 heavy (non-hydrogen) atoms. The largest absolute Gasteiger partial charge is 0.493 e. The first-order valence-corrected chi connectivity index (χ1v) is 13.5. The number of ether oxygens (including phenoxy) is 3. The van der Waals surface area contributed by atoms with E-state index in [1.54, 1.807) is 32.4 Å². The average Bonchev–Trinajstić information content (AvgIpc) is 3.31. The highest BCUT2D eigenvalue weighted by Crippen LogP contribution is 2.30. The zero-order valence-electron chi connectivity index (χ0n) is 22.5. The summed E-state index contributed by atoms with van der Waals surface area (Å²) in [7, 11) is 3.25. The molecule has 1 aliphatic heterocycles. The molecule has 2 amide bonds. The van der Waals surface area contributed by atoms with E-state index in [0.717, 1.165) is 32.4 Å². The monoisotopic (exact) mass is 503 g/mol. The highest BCUT2D eigenvalue weighted by Gasteiger charge is 2.33. The molecule has 1 aromatic rings. The predicted molar refractivity (Wildman–Crippen MR) is 141 cm³/mol. The molecule has 2 fully saturated rings. The summed E-state index contributed by atoms with van der Waals surface area (Å²) < 4.78 is 16.4. The molecule has 1 aliphatic carbocycles. The molecular weight excluding hydrogens is 458 g/mol. The first-order valence-electron chi connectivity index (χ1n) is 13.5. The number of nitrogens with one attached hydrogen (secondary N) is 2. The predicted octanol–water partition coefficient (Wildman–Crippen LogP) is 3.64. The molecule has 3 rings (SSSR count). The minimum absolute atomic E-state index is 0.0184. The highest BCUT2D eigenvalue weighted by molar-refractivity contribution is 5.95. The minimum Gasteiger partial charge on any atom is -0.493 e. The van der Waals surface area contributed by atoms with Gasteiger partial charge >= 0.3 is 0 Å². The number of amides is 2. The first kappa shape index (κ1) is 28.3. The van der Waals surface area contributed by atoms with Gasteiger partial charge in [-0.25, -0.2) is 0 Å². The lowest BCUT2D eigenvalue weighted by molar-refractivity contribution is -0.123. The quantitative estimate of drug-likeness (QED) is 0.400. The normalized spacial score (nSPS) is 20.4. The van der Waals surface area contributed by atoms with Crippen LogP contribution >= 0.6 is 0 Å². The van der Waals surface area contributed by atoms with Crippen molar-refractivity contribution in [3.8, 4) is 11.5 Å². The number of hydrogen-bond acceptors (Lipinski definition) is 6. The molecule has 202 valence electrons. The molecule has 8 heteroatoms. The van der Waals surface area contributed by atoms with Gasteiger partial charge in [-0.2, -0.15) is 0 Å². The standard InChI is InChI=1S/C28H45N3O5/c1-20(2)31(28(33)22-11-12-25(35-4)26(16-22)36-14-8-13-34-3)19-23-17-29-18-24(23)30-27(32)15-21-9-6-5-7-10-21/h11-12,16,20-21,23-24,29H,5-10,13-15,17-19H2,1-4H3,(H,30,32)/t23-,24+/m0/s1. The highest BCUT2D eigenvalue weighted by atomic mass is 16.5. The summed E-state index contributed by atoms with van der Waals surface area (Å²) in [5.74, 6) is 1.93. The van der Waals surface area contributed by atoms with Crippen molar-refractivity contribution in [3.63, 3.8) is 0 Å². The summed E-state index contributed by atoms with van der Waals surface area (Å²) in [5.41, 5.74) is 0.565. The van der Waals surface area contributed by atoms with Crippen molar-refractivity contribution in [1.82, 2.24) is 15.5 Å². The van der Waals surface area contributed by atoms with Gasteiger partial charge in [0.25, 0.3) is 5.91 Å². The molecule has 2 atom stereocenters. The van der Waals surface area contributed by atoms with Gasteiger partial charge in [0.05, 0.1) is 13.7 Å². The Morgan fingerprint density at radius 2 is 1.86 bits per heavy atom. The first-order chi connectivity index (χ1) is 17.4. The topological polar surface area (TPSA) is 89.1 Å². The van der Waals surface area contributed by atoms with Gasteiger partial charge in [0, 0.05) is 69.8 Å². The van der Waals surface area contributed by atoms with E-state index in [1.165, 1.54) is 19.3 Å². The van der Waals surface area contributed by atoms with E-state index in [0.29, 0.717) is 49.2 Å². The molecule has 0 aromatic heterocycles. The van der Waals surface area contributed by atoms with E-state index < -0.39 is 0 Å². The Balaban J connectivity index is 1.63. The van der Waals surface area contributed by atoms with Crippen molar-refractivity contribution in [3.05, 3.63) is 23.8 Å². The maximum Gasteiger partial charge on any atom is 0.254 e. The van der Waals surface area contributed by atoms with Crippen LogP contribution in [0, 0.1) is 11.8 Å². The summed E-state index contributed by atoms with van der Waals surface area (Å²) in [6.45, 7) is 7.24. The lowest BCUT2D eigenvalue weighted by atomic mass is 9.86. The smallest absolute Gasteiger partial charge is 0.254 e. The van der Waals surface area contributed by atoms with E-state index in [1.807, 2.05) is 18.7 Å². The van der Waals surface area contributed by atoms with Crippen LogP contribution in [0.1, 0.15) is 69.2 Å². The molecule has 8 nitrogen and oxygen atoms in total. The summed E-state index contributed by atoms with van der Waals surface area (Å²) in [4.78, 5) is 28.3. The number of methoxy groups -OCH3 is 2. The van der Waals surface area contributed by atoms with Crippen molar-refractivity contribution < 1.29 is 23.8 Å². The molecule has 1 heterocycles. The second-order valence-electron chi connectivity index (χ2n) is 10.4. The van der Waals surface area contributed by atoms with Crippen molar-refractivity contribution in [2.24, 2.45) is 11.8 Å². The van der Waals surface area contributed by atoms with Gasteiger partial charge in [-0.1, -0.05) is 19.3 Å². The number of benzene rings is 1. The summed E-state index contributed by atoms with van der Waals surface area (Å²) >= 11 is 0. The van der Waals surface area contributed by atoms with Crippen molar-refractivity contribution in [2.75, 3.05) is 47.1 Å². The van der Waals surface area contributed by atoms with Crippen LogP contribution < -0.4 is 20.1 Å².